The van der Waals surface area contributed by atoms with Gasteiger partial charge in [-0.1, -0.05) is 0 Å². The monoisotopic (exact) mass is 298 g/mol. The summed E-state index contributed by atoms with van der Waals surface area (Å²) in [5.74, 6) is -2.66. The number of carbonyl (C=O) groups is 2. The van der Waals surface area contributed by atoms with Gasteiger partial charge >= 0.3 is 0 Å². The second-order valence-electron chi connectivity index (χ2n) is 5.74. The zero-order valence-corrected chi connectivity index (χ0v) is 12.7. The number of nitrogens with zero attached hydrogens (tertiary/aromatic N) is 1. The number of amides is 2. The maximum absolute atomic E-state index is 13.6. The van der Waals surface area contributed by atoms with Gasteiger partial charge in [0.05, 0.1) is 12.1 Å². The maximum atomic E-state index is 13.6. The van der Waals surface area contributed by atoms with Gasteiger partial charge in [-0.05, 0) is 39.8 Å². The first-order valence-corrected chi connectivity index (χ1v) is 6.69. The SMILES string of the molecule is CCN(CC(=O)NC(C)(C)C)C(=O)c1ccc(F)cc1F. The number of halogens is 2. The van der Waals surface area contributed by atoms with E-state index in [2.05, 4.69) is 5.32 Å². The average Bonchev–Trinajstić information content (AvgIpc) is 2.33. The van der Waals surface area contributed by atoms with Gasteiger partial charge in [-0.15, -0.1) is 0 Å². The molecule has 0 atom stereocenters. The summed E-state index contributed by atoms with van der Waals surface area (Å²) in [4.78, 5) is 25.2. The Bertz CT molecular complexity index is 539. The molecule has 0 aliphatic heterocycles. The van der Waals surface area contributed by atoms with Crippen molar-refractivity contribution in [1.82, 2.24) is 10.2 Å². The van der Waals surface area contributed by atoms with E-state index in [1.165, 1.54) is 4.90 Å². The van der Waals surface area contributed by atoms with E-state index >= 15 is 0 Å². The fourth-order valence-corrected chi connectivity index (χ4v) is 1.79. The topological polar surface area (TPSA) is 49.4 Å². The van der Waals surface area contributed by atoms with E-state index in [4.69, 9.17) is 0 Å². The smallest absolute Gasteiger partial charge is 0.257 e. The minimum absolute atomic E-state index is 0.177. The van der Waals surface area contributed by atoms with Crippen LogP contribution in [0.1, 0.15) is 38.1 Å². The van der Waals surface area contributed by atoms with E-state index in [0.717, 1.165) is 12.1 Å². The van der Waals surface area contributed by atoms with Crippen LogP contribution in [0.5, 0.6) is 0 Å². The molecule has 0 radical (unpaired) electrons. The highest BCUT2D eigenvalue weighted by Crippen LogP contribution is 2.12. The van der Waals surface area contributed by atoms with Crippen LogP contribution in [-0.4, -0.2) is 35.3 Å². The highest BCUT2D eigenvalue weighted by Gasteiger charge is 2.22. The molecule has 1 aromatic rings. The molecule has 2 amide bonds. The first-order chi connectivity index (χ1) is 9.64. The van der Waals surface area contributed by atoms with Crippen LogP contribution in [0.4, 0.5) is 8.78 Å². The minimum atomic E-state index is -0.935. The molecule has 0 fully saturated rings. The summed E-state index contributed by atoms with van der Waals surface area (Å²) < 4.78 is 26.5. The molecule has 1 aromatic carbocycles. The third kappa shape index (κ3) is 5.13. The molecule has 0 heterocycles. The van der Waals surface area contributed by atoms with E-state index in [9.17, 15) is 18.4 Å². The highest BCUT2D eigenvalue weighted by atomic mass is 19.1. The molecule has 4 nitrogen and oxygen atoms in total. The first-order valence-electron chi connectivity index (χ1n) is 6.69. The van der Waals surface area contributed by atoms with Crippen LogP contribution < -0.4 is 5.32 Å². The van der Waals surface area contributed by atoms with E-state index in [-0.39, 0.29) is 24.6 Å². The van der Waals surface area contributed by atoms with Gasteiger partial charge in [0, 0.05) is 18.2 Å². The Morgan fingerprint density at radius 2 is 1.86 bits per heavy atom. The van der Waals surface area contributed by atoms with E-state index < -0.39 is 23.1 Å². The molecule has 6 heteroatoms. The standard InChI is InChI=1S/C15H20F2N2O2/c1-5-19(9-13(20)18-15(2,3)4)14(21)11-7-6-10(16)8-12(11)17/h6-8H,5,9H2,1-4H3,(H,18,20). The van der Waals surface area contributed by atoms with Crippen molar-refractivity contribution in [3.63, 3.8) is 0 Å². The molecule has 116 valence electrons. The van der Waals surface area contributed by atoms with Crippen molar-refractivity contribution in [3.8, 4) is 0 Å². The zero-order chi connectivity index (χ0) is 16.2. The Kier molecular flexibility index (Phi) is 5.41. The quantitative estimate of drug-likeness (QED) is 0.927. The molecular weight excluding hydrogens is 278 g/mol. The van der Waals surface area contributed by atoms with Gasteiger partial charge in [0.25, 0.3) is 5.91 Å². The molecule has 0 saturated carbocycles. The fourth-order valence-electron chi connectivity index (χ4n) is 1.79. The van der Waals surface area contributed by atoms with Gasteiger partial charge in [0.2, 0.25) is 5.91 Å². The summed E-state index contributed by atoms with van der Waals surface area (Å²) in [5, 5.41) is 2.73. The van der Waals surface area contributed by atoms with Crippen molar-refractivity contribution in [2.45, 2.75) is 33.2 Å². The Balaban J connectivity index is 2.84. The largest absolute Gasteiger partial charge is 0.350 e. The lowest BCUT2D eigenvalue weighted by Crippen LogP contribution is -2.47. The van der Waals surface area contributed by atoms with Crippen molar-refractivity contribution in [3.05, 3.63) is 35.4 Å². The Hall–Kier alpha value is -1.98. The van der Waals surface area contributed by atoms with Crippen LogP contribution in [0.2, 0.25) is 0 Å². The summed E-state index contributed by atoms with van der Waals surface area (Å²) in [5.41, 5.74) is -0.664. The van der Waals surface area contributed by atoms with Crippen molar-refractivity contribution < 1.29 is 18.4 Å². The lowest BCUT2D eigenvalue weighted by atomic mass is 10.1. The number of likely N-dealkylation sites (N-methyl/N-ethyl adjacent to an activating group) is 1. The normalized spacial score (nSPS) is 11.1. The van der Waals surface area contributed by atoms with E-state index in [1.54, 1.807) is 6.92 Å². The first kappa shape index (κ1) is 17.1. The minimum Gasteiger partial charge on any atom is -0.350 e. The van der Waals surface area contributed by atoms with Crippen LogP contribution in [0.15, 0.2) is 18.2 Å². The van der Waals surface area contributed by atoms with Crippen LogP contribution >= 0.6 is 0 Å². The predicted molar refractivity (Wildman–Crippen MR) is 75.8 cm³/mol. The van der Waals surface area contributed by atoms with Gasteiger partial charge in [-0.25, -0.2) is 8.78 Å². The number of hydrogen-bond donors (Lipinski definition) is 1. The van der Waals surface area contributed by atoms with Crippen molar-refractivity contribution in [2.24, 2.45) is 0 Å². The molecule has 0 aliphatic carbocycles. The van der Waals surface area contributed by atoms with Crippen LogP contribution in [0.25, 0.3) is 0 Å². The fraction of sp³-hybridized carbons (Fsp3) is 0.467. The summed E-state index contributed by atoms with van der Waals surface area (Å²) in [7, 11) is 0. The average molecular weight is 298 g/mol. The summed E-state index contributed by atoms with van der Waals surface area (Å²) in [6.07, 6.45) is 0. The molecule has 0 aliphatic rings. The van der Waals surface area contributed by atoms with Crippen LogP contribution in [0, 0.1) is 11.6 Å². The molecule has 0 spiro atoms. The number of nitrogens with one attached hydrogen (secondary N) is 1. The lowest BCUT2D eigenvalue weighted by Gasteiger charge is -2.25. The summed E-state index contributed by atoms with van der Waals surface area (Å²) >= 11 is 0. The molecule has 0 bridgehead atoms. The van der Waals surface area contributed by atoms with Gasteiger partial charge in [-0.2, -0.15) is 0 Å². The summed E-state index contributed by atoms with van der Waals surface area (Å²) in [6.45, 7) is 7.22. The summed E-state index contributed by atoms with van der Waals surface area (Å²) in [6, 6.07) is 2.74. The highest BCUT2D eigenvalue weighted by molar-refractivity contribution is 5.96. The molecule has 0 saturated heterocycles. The second kappa shape index (κ2) is 6.65. The number of hydrogen-bond acceptors (Lipinski definition) is 2. The van der Waals surface area contributed by atoms with Gasteiger partial charge < -0.3 is 10.2 Å². The van der Waals surface area contributed by atoms with Gasteiger partial charge in [-0.3, -0.25) is 9.59 Å². The Morgan fingerprint density at radius 3 is 2.33 bits per heavy atom. The number of rotatable bonds is 4. The predicted octanol–water partition coefficient (Wildman–Crippen LogP) is 2.34. The van der Waals surface area contributed by atoms with Crippen molar-refractivity contribution >= 4 is 11.8 Å². The van der Waals surface area contributed by atoms with Crippen molar-refractivity contribution in [2.75, 3.05) is 13.1 Å². The van der Waals surface area contributed by atoms with Crippen LogP contribution in [-0.2, 0) is 4.79 Å². The zero-order valence-electron chi connectivity index (χ0n) is 12.7. The number of benzene rings is 1. The molecule has 1 N–H and O–H groups in total. The third-order valence-electron chi connectivity index (χ3n) is 2.68. The third-order valence-corrected chi connectivity index (χ3v) is 2.68. The van der Waals surface area contributed by atoms with E-state index in [0.29, 0.717) is 6.07 Å². The Labute approximate surface area is 123 Å². The lowest BCUT2D eigenvalue weighted by molar-refractivity contribution is -0.123. The molecule has 21 heavy (non-hydrogen) atoms. The molecule has 0 aromatic heterocycles. The van der Waals surface area contributed by atoms with Gasteiger partial charge in [0.1, 0.15) is 11.6 Å². The maximum Gasteiger partial charge on any atom is 0.257 e. The van der Waals surface area contributed by atoms with Crippen LogP contribution in [0.3, 0.4) is 0 Å². The Morgan fingerprint density at radius 1 is 1.24 bits per heavy atom. The molecule has 0 unspecified atom stereocenters. The van der Waals surface area contributed by atoms with E-state index in [1.807, 2.05) is 20.8 Å². The molecular formula is C15H20F2N2O2. The number of carbonyl (C=O) groups excluding carboxylic acids is 2. The molecule has 1 rings (SSSR count). The second-order valence-corrected chi connectivity index (χ2v) is 5.74. The van der Waals surface area contributed by atoms with Crippen molar-refractivity contribution in [1.29, 1.82) is 0 Å². The van der Waals surface area contributed by atoms with Gasteiger partial charge in [0.15, 0.2) is 0 Å².